The molecule has 0 saturated heterocycles. The second-order valence-corrected chi connectivity index (χ2v) is 6.63. The fourth-order valence-electron chi connectivity index (χ4n) is 3.30. The van der Waals surface area contributed by atoms with Crippen molar-refractivity contribution >= 4 is 17.6 Å². The summed E-state index contributed by atoms with van der Waals surface area (Å²) in [6.45, 7) is 0.718. The Kier molecular flexibility index (Phi) is 5.17. The monoisotopic (exact) mass is 371 g/mol. The molecular weight excluding hydrogens is 348 g/mol. The highest BCUT2D eigenvalue weighted by atomic mass is 19.3. The summed E-state index contributed by atoms with van der Waals surface area (Å²) in [5.41, 5.74) is 12.3. The van der Waals surface area contributed by atoms with E-state index in [0.29, 0.717) is 0 Å². The molecule has 0 spiro atoms. The molecule has 142 valence electrons. The average Bonchev–Trinajstić information content (AvgIpc) is 2.61. The number of aryl methyl sites for hydroxylation is 1. The molecular formula is C21H23F2N3O. The Hall–Kier alpha value is -2.89. The lowest BCUT2D eigenvalue weighted by molar-refractivity contribution is -0.158. The maximum absolute atomic E-state index is 13.0. The van der Waals surface area contributed by atoms with Crippen LogP contribution < -0.4 is 15.4 Å². The maximum atomic E-state index is 13.0. The lowest BCUT2D eigenvalue weighted by atomic mass is 9.90. The van der Waals surface area contributed by atoms with Crippen molar-refractivity contribution in [1.29, 1.82) is 0 Å². The Labute approximate surface area is 158 Å². The van der Waals surface area contributed by atoms with Crippen molar-refractivity contribution in [3.63, 3.8) is 0 Å². The highest BCUT2D eigenvalue weighted by molar-refractivity contribution is 5.82. The molecule has 2 aromatic carbocycles. The van der Waals surface area contributed by atoms with Crippen molar-refractivity contribution in [3.05, 3.63) is 64.9 Å². The number of rotatable bonds is 5. The molecule has 0 aliphatic heterocycles. The molecule has 2 N–H and O–H groups in total. The molecule has 27 heavy (non-hydrogen) atoms. The van der Waals surface area contributed by atoms with Crippen molar-refractivity contribution in [2.75, 3.05) is 19.0 Å². The number of nitrogens with two attached hydrogens (primary N) is 1. The summed E-state index contributed by atoms with van der Waals surface area (Å²) >= 11 is 0. The highest BCUT2D eigenvalue weighted by Gasteiger charge is 2.24. The average molecular weight is 371 g/mol. The van der Waals surface area contributed by atoms with Crippen LogP contribution in [0.2, 0.25) is 0 Å². The molecule has 0 bridgehead atoms. The number of hydrogen-bond donors (Lipinski definition) is 1. The van der Waals surface area contributed by atoms with Crippen LogP contribution in [0.25, 0.3) is 5.70 Å². The quantitative estimate of drug-likeness (QED) is 0.791. The van der Waals surface area contributed by atoms with E-state index >= 15 is 0 Å². The Morgan fingerprint density at radius 2 is 1.85 bits per heavy atom. The van der Waals surface area contributed by atoms with Crippen LogP contribution >= 0.6 is 0 Å². The van der Waals surface area contributed by atoms with Gasteiger partial charge in [0, 0.05) is 44.2 Å². The van der Waals surface area contributed by atoms with Gasteiger partial charge in [-0.1, -0.05) is 12.1 Å². The number of halogens is 2. The van der Waals surface area contributed by atoms with Gasteiger partial charge in [0.2, 0.25) is 0 Å². The van der Waals surface area contributed by atoms with Gasteiger partial charge in [0.05, 0.1) is 5.70 Å². The zero-order valence-corrected chi connectivity index (χ0v) is 15.7. The van der Waals surface area contributed by atoms with E-state index in [1.807, 2.05) is 30.3 Å². The molecule has 0 saturated carbocycles. The van der Waals surface area contributed by atoms with Gasteiger partial charge in [-0.25, -0.2) is 0 Å². The lowest BCUT2D eigenvalue weighted by Gasteiger charge is -2.29. The first kappa shape index (κ1) is 18.9. The molecule has 0 fully saturated rings. The van der Waals surface area contributed by atoms with Crippen molar-refractivity contribution in [1.82, 2.24) is 0 Å². The number of hydrogen-bond acceptors (Lipinski definition) is 4. The summed E-state index contributed by atoms with van der Waals surface area (Å²) < 4.78 is 30.5. The molecule has 3 rings (SSSR count). The summed E-state index contributed by atoms with van der Waals surface area (Å²) in [6.07, 6.45) is 0.303. The molecule has 0 radical (unpaired) electrons. The Bertz CT molecular complexity index is 883. The third-order valence-corrected chi connectivity index (χ3v) is 4.57. The number of alkyl halides is 2. The van der Waals surface area contributed by atoms with Gasteiger partial charge < -0.3 is 15.4 Å². The van der Waals surface area contributed by atoms with Crippen molar-refractivity contribution in [3.8, 4) is 5.75 Å². The summed E-state index contributed by atoms with van der Waals surface area (Å²) in [5.74, 6) is 0.126. The molecule has 4 nitrogen and oxygen atoms in total. The minimum absolute atomic E-state index is 0.126. The normalized spacial score (nSPS) is 14.4. The van der Waals surface area contributed by atoms with E-state index in [2.05, 4.69) is 15.8 Å². The first-order chi connectivity index (χ1) is 12.8. The number of fused-ring (bicyclic) bond motifs is 1. The first-order valence-electron chi connectivity index (χ1n) is 8.73. The van der Waals surface area contributed by atoms with Gasteiger partial charge in [0.1, 0.15) is 5.75 Å². The van der Waals surface area contributed by atoms with Gasteiger partial charge in [0.15, 0.2) is 0 Å². The topological polar surface area (TPSA) is 50.8 Å². The van der Waals surface area contributed by atoms with Crippen LogP contribution in [0.3, 0.4) is 0 Å². The molecule has 0 atom stereocenters. The molecule has 0 aromatic heterocycles. The third-order valence-electron chi connectivity index (χ3n) is 4.57. The smallest absolute Gasteiger partial charge is 0.394 e. The lowest BCUT2D eigenvalue weighted by Crippen LogP contribution is -2.24. The summed E-state index contributed by atoms with van der Waals surface area (Å²) in [4.78, 5) is 6.05. The predicted molar refractivity (Wildman–Crippen MR) is 105 cm³/mol. The van der Waals surface area contributed by atoms with Crippen LogP contribution in [0.1, 0.15) is 30.0 Å². The zero-order chi connectivity index (χ0) is 19.6. The molecule has 2 aromatic rings. The number of benzene rings is 2. The van der Waals surface area contributed by atoms with E-state index in [4.69, 9.17) is 5.73 Å². The van der Waals surface area contributed by atoms with Crippen LogP contribution in [0.5, 0.6) is 5.75 Å². The summed E-state index contributed by atoms with van der Waals surface area (Å²) in [7, 11) is 3.67. The second-order valence-electron chi connectivity index (χ2n) is 6.63. The number of anilines is 1. The Balaban J connectivity index is 1.86. The Morgan fingerprint density at radius 3 is 2.48 bits per heavy atom. The minimum Gasteiger partial charge on any atom is -0.433 e. The standard InChI is InChI=1S/C21H23F2N3O/c1-21(22,23)27-17-8-6-16(7-9-17)26(3)19-11-5-15-12-14(13-25-2)4-10-18(15)20(19)24/h4,6-10,12-13H,5,11,24H2,1-3H3. The third kappa shape index (κ3) is 4.27. The zero-order valence-electron chi connectivity index (χ0n) is 15.7. The van der Waals surface area contributed by atoms with Crippen molar-refractivity contribution in [2.45, 2.75) is 25.9 Å². The van der Waals surface area contributed by atoms with Gasteiger partial charge in [-0.3, -0.25) is 4.99 Å². The number of allylic oxidation sites excluding steroid dienone is 1. The van der Waals surface area contributed by atoms with Crippen LogP contribution in [0, 0.1) is 0 Å². The number of aliphatic imine (C=N–C) groups is 1. The van der Waals surface area contributed by atoms with Crippen LogP contribution in [-0.2, 0) is 6.42 Å². The van der Waals surface area contributed by atoms with Gasteiger partial charge in [-0.2, -0.15) is 8.78 Å². The largest absolute Gasteiger partial charge is 0.433 e. The van der Waals surface area contributed by atoms with Crippen LogP contribution in [-0.4, -0.2) is 26.4 Å². The highest BCUT2D eigenvalue weighted by Crippen LogP contribution is 2.33. The Morgan fingerprint density at radius 1 is 1.15 bits per heavy atom. The molecule has 0 unspecified atom stereocenters. The maximum Gasteiger partial charge on any atom is 0.394 e. The van der Waals surface area contributed by atoms with E-state index in [-0.39, 0.29) is 5.75 Å². The van der Waals surface area contributed by atoms with E-state index in [1.165, 1.54) is 17.7 Å². The van der Waals surface area contributed by atoms with Gasteiger partial charge in [0.25, 0.3) is 0 Å². The van der Waals surface area contributed by atoms with Crippen LogP contribution in [0.4, 0.5) is 14.5 Å². The van der Waals surface area contributed by atoms with E-state index in [9.17, 15) is 8.78 Å². The van der Waals surface area contributed by atoms with E-state index in [1.54, 1.807) is 19.2 Å². The fourth-order valence-corrected chi connectivity index (χ4v) is 3.30. The molecule has 1 aliphatic rings. The number of nitrogens with zero attached hydrogens (tertiary/aromatic N) is 2. The predicted octanol–water partition coefficient (Wildman–Crippen LogP) is 4.44. The van der Waals surface area contributed by atoms with E-state index < -0.39 is 6.11 Å². The fraction of sp³-hybridized carbons (Fsp3) is 0.286. The van der Waals surface area contributed by atoms with Crippen LogP contribution in [0.15, 0.2) is 53.2 Å². The second kappa shape index (κ2) is 7.39. The molecule has 1 aliphatic carbocycles. The van der Waals surface area contributed by atoms with Gasteiger partial charge in [-0.05, 0) is 54.3 Å². The molecule has 0 amide bonds. The molecule has 0 heterocycles. The van der Waals surface area contributed by atoms with E-state index in [0.717, 1.165) is 48.0 Å². The van der Waals surface area contributed by atoms with Gasteiger partial charge in [-0.15, -0.1) is 0 Å². The SMILES string of the molecule is CN=Cc1ccc2c(c1)CCC(N(C)c1ccc(OC(C)(F)F)cc1)=C2N. The molecule has 6 heteroatoms. The van der Waals surface area contributed by atoms with Crippen molar-refractivity contribution < 1.29 is 13.5 Å². The number of ether oxygens (including phenoxy) is 1. The summed E-state index contributed by atoms with van der Waals surface area (Å²) in [6, 6.07) is 12.7. The first-order valence-corrected chi connectivity index (χ1v) is 8.73. The minimum atomic E-state index is -3.20. The van der Waals surface area contributed by atoms with Gasteiger partial charge >= 0.3 is 6.11 Å². The summed E-state index contributed by atoms with van der Waals surface area (Å²) in [5, 5.41) is 0. The van der Waals surface area contributed by atoms with Crippen molar-refractivity contribution in [2.24, 2.45) is 10.7 Å².